The fourth-order valence-corrected chi connectivity index (χ4v) is 5.35. The number of rotatable bonds is 14. The lowest BCUT2D eigenvalue weighted by molar-refractivity contribution is -0.0575. The number of hydrogen-bond acceptors (Lipinski definition) is 6. The molecule has 2 aromatic carbocycles. The first-order valence-corrected chi connectivity index (χ1v) is 13.8. The summed E-state index contributed by atoms with van der Waals surface area (Å²) in [6.45, 7) is 4.10. The molecule has 0 aromatic heterocycles. The van der Waals surface area contributed by atoms with Gasteiger partial charge in [0.25, 0.3) is 0 Å². The maximum absolute atomic E-state index is 13.1. The minimum Gasteiger partial charge on any atom is -0.457 e. The number of aliphatic hydroxyl groups excluding tert-OH is 1. The molecule has 210 valence electrons. The summed E-state index contributed by atoms with van der Waals surface area (Å²) in [5.41, 5.74) is 0.664. The molecule has 0 aliphatic carbocycles. The molecule has 2 aromatic rings. The van der Waals surface area contributed by atoms with Crippen molar-refractivity contribution >= 4 is 6.03 Å². The van der Waals surface area contributed by atoms with Crippen molar-refractivity contribution in [2.45, 2.75) is 57.1 Å². The highest BCUT2D eigenvalue weighted by molar-refractivity contribution is 5.74. The van der Waals surface area contributed by atoms with Crippen LogP contribution in [0.25, 0.3) is 0 Å². The van der Waals surface area contributed by atoms with Crippen LogP contribution < -0.4 is 15.4 Å². The predicted octanol–water partition coefficient (Wildman–Crippen LogP) is 4.05. The number of amides is 2. The van der Waals surface area contributed by atoms with Crippen LogP contribution >= 0.6 is 0 Å². The molecular formula is C30H45N3O5. The number of nitrogens with one attached hydrogen (secondary N) is 2. The Bertz CT molecular complexity index is 1000. The van der Waals surface area contributed by atoms with E-state index in [1.807, 2.05) is 42.5 Å². The summed E-state index contributed by atoms with van der Waals surface area (Å²) in [6, 6.07) is 15.1. The lowest BCUT2D eigenvalue weighted by atomic mass is 9.73. The Hall–Kier alpha value is -2.65. The largest absolute Gasteiger partial charge is 0.457 e. The number of nitrogens with zero attached hydrogens (tertiary/aromatic N) is 1. The highest BCUT2D eigenvalue weighted by atomic mass is 16.5. The van der Waals surface area contributed by atoms with Crippen LogP contribution in [0.5, 0.6) is 11.5 Å². The van der Waals surface area contributed by atoms with Crippen molar-refractivity contribution in [2.75, 3.05) is 47.0 Å². The molecule has 1 fully saturated rings. The zero-order valence-corrected chi connectivity index (χ0v) is 23.1. The number of unbranched alkanes of at least 4 members (excludes halogenated alkanes) is 1. The Kier molecular flexibility index (Phi) is 11.9. The molecule has 8 nitrogen and oxygen atoms in total. The molecule has 0 bridgehead atoms. The highest BCUT2D eigenvalue weighted by Gasteiger charge is 2.43. The minimum atomic E-state index is -1.19. The molecule has 0 spiro atoms. The molecule has 4 N–H and O–H groups in total. The zero-order chi connectivity index (χ0) is 27.4. The van der Waals surface area contributed by atoms with Crippen LogP contribution in [0.1, 0.15) is 50.2 Å². The monoisotopic (exact) mass is 527 g/mol. The smallest absolute Gasteiger partial charge is 0.317 e. The summed E-state index contributed by atoms with van der Waals surface area (Å²) in [5.74, 6) is 1.25. The Morgan fingerprint density at radius 3 is 2.61 bits per heavy atom. The Balaban J connectivity index is 1.90. The number of para-hydroxylation sites is 2. The van der Waals surface area contributed by atoms with E-state index in [0.29, 0.717) is 38.4 Å². The fourth-order valence-electron chi connectivity index (χ4n) is 5.35. The summed E-state index contributed by atoms with van der Waals surface area (Å²) in [4.78, 5) is 14.8. The van der Waals surface area contributed by atoms with Crippen molar-refractivity contribution in [2.24, 2.45) is 5.92 Å². The molecule has 1 saturated heterocycles. The second kappa shape index (κ2) is 15.1. The maximum atomic E-state index is 13.1. The van der Waals surface area contributed by atoms with Crippen molar-refractivity contribution in [3.05, 3.63) is 59.7 Å². The lowest BCUT2D eigenvalue weighted by Gasteiger charge is -2.43. The van der Waals surface area contributed by atoms with Crippen LogP contribution in [0.2, 0.25) is 0 Å². The van der Waals surface area contributed by atoms with Gasteiger partial charge in [-0.25, -0.2) is 4.79 Å². The van der Waals surface area contributed by atoms with E-state index in [-0.39, 0.29) is 24.6 Å². The Morgan fingerprint density at radius 1 is 1.16 bits per heavy atom. The van der Waals surface area contributed by atoms with Crippen molar-refractivity contribution in [3.63, 3.8) is 0 Å². The minimum absolute atomic E-state index is 0.142. The number of likely N-dealkylation sites (tertiary alicyclic amines) is 1. The van der Waals surface area contributed by atoms with Gasteiger partial charge in [0, 0.05) is 44.8 Å². The van der Waals surface area contributed by atoms with Crippen LogP contribution in [0.4, 0.5) is 4.79 Å². The van der Waals surface area contributed by atoms with E-state index >= 15 is 0 Å². The average molecular weight is 528 g/mol. The van der Waals surface area contributed by atoms with Crippen LogP contribution in [0, 0.1) is 5.92 Å². The molecule has 8 heteroatoms. The third-order valence-electron chi connectivity index (χ3n) is 7.47. The predicted molar refractivity (Wildman–Crippen MR) is 150 cm³/mol. The van der Waals surface area contributed by atoms with Gasteiger partial charge in [-0.3, -0.25) is 0 Å². The number of ether oxygens (including phenoxy) is 2. The fraction of sp³-hybridized carbons (Fsp3) is 0.567. The standard InChI is InChI=1S/C30H45N3O5/c1-4-23-12-5-7-15-27(23)38-28-16-8-6-14-26(28)30(36,17-9-10-19-37-3)24-13-11-18-33(21-24)29(35)32-25(22-34)20-31-2/h5-8,12,14-16,24-25,31,34,36H,4,9-11,13,17-22H2,1-3H3,(H,32,35)/t24-,25?,30+/m1/s1. The van der Waals surface area contributed by atoms with Crippen molar-refractivity contribution in [1.82, 2.24) is 15.5 Å². The number of methoxy groups -OCH3 is 1. The van der Waals surface area contributed by atoms with Gasteiger partial charge < -0.3 is 35.2 Å². The summed E-state index contributed by atoms with van der Waals surface area (Å²) in [7, 11) is 3.47. The molecule has 3 rings (SSSR count). The molecular weight excluding hydrogens is 482 g/mol. The Morgan fingerprint density at radius 2 is 1.89 bits per heavy atom. The first-order valence-electron chi connectivity index (χ1n) is 13.8. The summed E-state index contributed by atoms with van der Waals surface area (Å²) in [5, 5.41) is 28.0. The number of aliphatic hydroxyl groups is 2. The van der Waals surface area contributed by atoms with Gasteiger partial charge in [0.05, 0.1) is 18.2 Å². The molecule has 1 aliphatic heterocycles. The summed E-state index contributed by atoms with van der Waals surface area (Å²) < 4.78 is 11.7. The van der Waals surface area contributed by atoms with E-state index in [9.17, 15) is 15.0 Å². The molecule has 1 heterocycles. The van der Waals surface area contributed by atoms with E-state index in [1.54, 1.807) is 19.1 Å². The number of likely N-dealkylation sites (N-methyl/N-ethyl adjacent to an activating group) is 1. The number of carbonyl (C=O) groups excluding carboxylic acids is 1. The van der Waals surface area contributed by atoms with Crippen LogP contribution in [-0.2, 0) is 16.8 Å². The zero-order valence-electron chi connectivity index (χ0n) is 23.1. The van der Waals surface area contributed by atoms with Gasteiger partial charge in [-0.2, -0.15) is 0 Å². The van der Waals surface area contributed by atoms with Crippen LogP contribution in [0.15, 0.2) is 48.5 Å². The maximum Gasteiger partial charge on any atom is 0.317 e. The van der Waals surface area contributed by atoms with Crippen molar-refractivity contribution in [3.8, 4) is 11.5 Å². The SMILES string of the molecule is CCc1ccccc1Oc1ccccc1[C@](O)(CCCCOC)[C@@H]1CCCN(C(=O)NC(CO)CNC)C1. The first kappa shape index (κ1) is 29.9. The molecule has 0 radical (unpaired) electrons. The van der Waals surface area contributed by atoms with Gasteiger partial charge in [0.2, 0.25) is 0 Å². The van der Waals surface area contributed by atoms with Crippen molar-refractivity contribution < 1.29 is 24.5 Å². The van der Waals surface area contributed by atoms with Gasteiger partial charge in [-0.1, -0.05) is 43.3 Å². The first-order chi connectivity index (χ1) is 18.5. The van der Waals surface area contributed by atoms with E-state index in [2.05, 4.69) is 23.6 Å². The van der Waals surface area contributed by atoms with Crippen LogP contribution in [0.3, 0.4) is 0 Å². The number of urea groups is 1. The van der Waals surface area contributed by atoms with E-state index in [4.69, 9.17) is 9.47 Å². The number of aryl methyl sites for hydroxylation is 1. The highest BCUT2D eigenvalue weighted by Crippen LogP contribution is 2.44. The van der Waals surface area contributed by atoms with Crippen LogP contribution in [-0.4, -0.2) is 74.2 Å². The number of carbonyl (C=O) groups is 1. The second-order valence-electron chi connectivity index (χ2n) is 10.1. The molecule has 1 aliphatic rings. The topological polar surface area (TPSA) is 103 Å². The summed E-state index contributed by atoms with van der Waals surface area (Å²) in [6.07, 6.45) is 4.57. The van der Waals surface area contributed by atoms with E-state index < -0.39 is 5.60 Å². The number of benzene rings is 2. The number of hydrogen-bond donors (Lipinski definition) is 4. The third kappa shape index (κ3) is 7.69. The van der Waals surface area contributed by atoms with E-state index in [0.717, 1.165) is 49.0 Å². The lowest BCUT2D eigenvalue weighted by Crippen LogP contribution is -2.54. The van der Waals surface area contributed by atoms with E-state index in [1.165, 1.54) is 0 Å². The van der Waals surface area contributed by atoms with Gasteiger partial charge in [0.15, 0.2) is 0 Å². The van der Waals surface area contributed by atoms with Gasteiger partial charge >= 0.3 is 6.03 Å². The third-order valence-corrected chi connectivity index (χ3v) is 7.47. The molecule has 3 atom stereocenters. The second-order valence-corrected chi connectivity index (χ2v) is 10.1. The van der Waals surface area contributed by atoms with Crippen molar-refractivity contribution in [1.29, 1.82) is 0 Å². The van der Waals surface area contributed by atoms with Gasteiger partial charge in [-0.05, 0) is 63.3 Å². The normalized spacial score (nSPS) is 18.0. The molecule has 2 amide bonds. The molecule has 1 unspecified atom stereocenters. The van der Waals surface area contributed by atoms with Gasteiger partial charge in [-0.15, -0.1) is 0 Å². The Labute approximate surface area is 227 Å². The number of piperidine rings is 1. The average Bonchev–Trinajstić information content (AvgIpc) is 2.95. The molecule has 38 heavy (non-hydrogen) atoms. The molecule has 0 saturated carbocycles. The quantitative estimate of drug-likeness (QED) is 0.277. The van der Waals surface area contributed by atoms with Gasteiger partial charge in [0.1, 0.15) is 11.5 Å². The summed E-state index contributed by atoms with van der Waals surface area (Å²) >= 11 is 0.